The Balaban J connectivity index is 1.78. The van der Waals surface area contributed by atoms with Crippen molar-refractivity contribution in [3.63, 3.8) is 0 Å². The molecule has 0 radical (unpaired) electrons. The largest absolute Gasteiger partial charge is 0.505 e. The van der Waals surface area contributed by atoms with Crippen LogP contribution in [0, 0.1) is 16.7 Å². The lowest BCUT2D eigenvalue weighted by Gasteiger charge is -2.20. The number of benzene rings is 2. The maximum absolute atomic E-state index is 12.8. The van der Waals surface area contributed by atoms with Crippen LogP contribution in [0.2, 0.25) is 10.0 Å². The van der Waals surface area contributed by atoms with Gasteiger partial charge in [0.1, 0.15) is 6.04 Å². The highest BCUT2D eigenvalue weighted by molar-refractivity contribution is 9.10. The molecule has 2 amide bonds. The van der Waals surface area contributed by atoms with Crippen molar-refractivity contribution in [3.8, 4) is 11.8 Å². The molecular formula is C21H18BrCl2N3O3. The van der Waals surface area contributed by atoms with E-state index in [0.29, 0.717) is 11.1 Å². The smallest absolute Gasteiger partial charge is 0.251 e. The van der Waals surface area contributed by atoms with E-state index < -0.39 is 23.3 Å². The summed E-state index contributed by atoms with van der Waals surface area (Å²) >= 11 is 15.3. The topological polar surface area (TPSA) is 102 Å². The van der Waals surface area contributed by atoms with E-state index in [2.05, 4.69) is 32.6 Å². The summed E-state index contributed by atoms with van der Waals surface area (Å²) in [4.78, 5) is 25.5. The predicted octanol–water partition coefficient (Wildman–Crippen LogP) is 4.22. The van der Waals surface area contributed by atoms with Crippen LogP contribution in [0.5, 0.6) is 5.75 Å². The monoisotopic (exact) mass is 509 g/mol. The van der Waals surface area contributed by atoms with Gasteiger partial charge in [0.15, 0.2) is 5.75 Å². The average Bonchev–Trinajstić information content (AvgIpc) is 3.50. The van der Waals surface area contributed by atoms with Crippen LogP contribution in [0.25, 0.3) is 0 Å². The zero-order valence-electron chi connectivity index (χ0n) is 15.7. The summed E-state index contributed by atoms with van der Waals surface area (Å²) in [5.74, 6) is -1.07. The Hall–Kier alpha value is -2.27. The van der Waals surface area contributed by atoms with Gasteiger partial charge >= 0.3 is 0 Å². The van der Waals surface area contributed by atoms with Gasteiger partial charge in [-0.25, -0.2) is 0 Å². The summed E-state index contributed by atoms with van der Waals surface area (Å²) in [6, 6.07) is 11.0. The number of nitriles is 1. The van der Waals surface area contributed by atoms with Gasteiger partial charge in [-0.3, -0.25) is 9.59 Å². The lowest BCUT2D eigenvalue weighted by atomic mass is 10.0. The van der Waals surface area contributed by atoms with Gasteiger partial charge in [0.05, 0.1) is 21.5 Å². The van der Waals surface area contributed by atoms with Crippen molar-refractivity contribution in [1.29, 1.82) is 5.26 Å². The third-order valence-corrected chi connectivity index (χ3v) is 6.04. The van der Waals surface area contributed by atoms with Gasteiger partial charge in [0.2, 0.25) is 5.91 Å². The van der Waals surface area contributed by atoms with Crippen molar-refractivity contribution in [1.82, 2.24) is 10.6 Å². The van der Waals surface area contributed by atoms with Crippen LogP contribution >= 0.6 is 39.1 Å². The van der Waals surface area contributed by atoms with Gasteiger partial charge < -0.3 is 15.7 Å². The second-order valence-corrected chi connectivity index (χ2v) is 8.99. The summed E-state index contributed by atoms with van der Waals surface area (Å²) in [6.07, 6.45) is 1.58. The minimum Gasteiger partial charge on any atom is -0.505 e. The number of halogens is 3. The van der Waals surface area contributed by atoms with E-state index >= 15 is 0 Å². The number of rotatable bonds is 7. The van der Waals surface area contributed by atoms with Gasteiger partial charge in [0.25, 0.3) is 5.91 Å². The summed E-state index contributed by atoms with van der Waals surface area (Å²) in [6.45, 7) is 0.226. The van der Waals surface area contributed by atoms with Crippen LogP contribution in [0.1, 0.15) is 28.8 Å². The van der Waals surface area contributed by atoms with E-state index in [9.17, 15) is 20.0 Å². The van der Waals surface area contributed by atoms with E-state index in [1.165, 1.54) is 12.1 Å². The fourth-order valence-electron chi connectivity index (χ4n) is 2.88. The molecule has 1 atom stereocenters. The van der Waals surface area contributed by atoms with E-state index in [0.717, 1.165) is 17.3 Å². The third-order valence-electron chi connectivity index (χ3n) is 4.94. The molecule has 0 heterocycles. The number of phenols is 1. The summed E-state index contributed by atoms with van der Waals surface area (Å²) < 4.78 is 0.827. The maximum atomic E-state index is 12.8. The van der Waals surface area contributed by atoms with Crippen LogP contribution in [0.15, 0.2) is 40.9 Å². The number of carbonyl (C=O) groups is 2. The predicted molar refractivity (Wildman–Crippen MR) is 118 cm³/mol. The van der Waals surface area contributed by atoms with E-state index in [1.807, 2.05) is 0 Å². The first-order valence-electron chi connectivity index (χ1n) is 9.15. The Labute approximate surface area is 192 Å². The quantitative estimate of drug-likeness (QED) is 0.518. The maximum Gasteiger partial charge on any atom is 0.251 e. The Kier molecular flexibility index (Phi) is 6.91. The van der Waals surface area contributed by atoms with Gasteiger partial charge in [-0.2, -0.15) is 5.26 Å². The average molecular weight is 511 g/mol. The van der Waals surface area contributed by atoms with Crippen molar-refractivity contribution >= 4 is 50.9 Å². The van der Waals surface area contributed by atoms with Gasteiger partial charge in [0, 0.05) is 23.0 Å². The lowest BCUT2D eigenvalue weighted by molar-refractivity contribution is -0.123. The summed E-state index contributed by atoms with van der Waals surface area (Å²) in [7, 11) is 0. The highest BCUT2D eigenvalue weighted by Crippen LogP contribution is 2.44. The van der Waals surface area contributed by atoms with Crippen molar-refractivity contribution in [2.45, 2.75) is 25.3 Å². The Morgan fingerprint density at radius 2 is 1.80 bits per heavy atom. The SMILES string of the molecule is N#CC1(CNC(=O)[C@H](Cc2cc(Cl)c(O)c(Cl)c2)NC(=O)c2ccc(Br)cc2)CC1. The van der Waals surface area contributed by atoms with Crippen LogP contribution in [0.4, 0.5) is 0 Å². The molecule has 0 spiro atoms. The summed E-state index contributed by atoms with van der Waals surface area (Å²) in [5.41, 5.74) is 0.454. The number of amides is 2. The van der Waals surface area contributed by atoms with Crippen LogP contribution in [-0.2, 0) is 11.2 Å². The molecule has 0 bridgehead atoms. The van der Waals surface area contributed by atoms with Crippen LogP contribution in [0.3, 0.4) is 0 Å². The minimum atomic E-state index is -0.924. The van der Waals surface area contributed by atoms with Crippen molar-refractivity contribution < 1.29 is 14.7 Å². The molecule has 156 valence electrons. The second kappa shape index (κ2) is 9.25. The number of nitrogens with one attached hydrogen (secondary N) is 2. The molecule has 1 aliphatic rings. The Morgan fingerprint density at radius 3 is 2.33 bits per heavy atom. The Bertz CT molecular complexity index is 994. The van der Waals surface area contributed by atoms with Crippen LogP contribution in [-0.4, -0.2) is 29.5 Å². The Morgan fingerprint density at radius 1 is 1.20 bits per heavy atom. The molecule has 1 aliphatic carbocycles. The first-order valence-corrected chi connectivity index (χ1v) is 10.7. The molecule has 2 aromatic carbocycles. The van der Waals surface area contributed by atoms with Crippen LogP contribution < -0.4 is 10.6 Å². The van der Waals surface area contributed by atoms with E-state index in [-0.39, 0.29) is 28.8 Å². The molecule has 0 aliphatic heterocycles. The molecule has 2 aromatic rings. The first-order chi connectivity index (χ1) is 14.2. The highest BCUT2D eigenvalue weighted by Gasteiger charge is 2.43. The van der Waals surface area contributed by atoms with Crippen molar-refractivity contribution in [2.75, 3.05) is 6.54 Å². The zero-order chi connectivity index (χ0) is 21.9. The number of carbonyl (C=O) groups excluding carboxylic acids is 2. The zero-order valence-corrected chi connectivity index (χ0v) is 18.8. The molecule has 3 N–H and O–H groups in total. The molecular weight excluding hydrogens is 493 g/mol. The number of hydrogen-bond donors (Lipinski definition) is 3. The van der Waals surface area contributed by atoms with Crippen molar-refractivity contribution in [3.05, 3.63) is 62.0 Å². The second-order valence-electron chi connectivity index (χ2n) is 7.26. The highest BCUT2D eigenvalue weighted by atomic mass is 79.9. The van der Waals surface area contributed by atoms with E-state index in [4.69, 9.17) is 23.2 Å². The summed E-state index contributed by atoms with van der Waals surface area (Å²) in [5, 5.41) is 24.6. The molecule has 0 unspecified atom stereocenters. The fraction of sp³-hybridized carbons (Fsp3) is 0.286. The molecule has 1 fully saturated rings. The standard InChI is InChI=1S/C21H18BrCl2N3O3/c22-14-3-1-13(2-4-14)19(29)27-17(20(30)26-11-21(10-25)5-6-21)9-12-7-15(23)18(28)16(24)8-12/h1-4,7-8,17,28H,5-6,9,11H2,(H,26,30)(H,27,29)/t17-/m0/s1. The molecule has 0 aromatic heterocycles. The van der Waals surface area contributed by atoms with Gasteiger partial charge in [-0.05, 0) is 54.8 Å². The number of phenolic OH excluding ortho intramolecular Hbond substituents is 1. The van der Waals surface area contributed by atoms with Gasteiger partial charge in [-0.15, -0.1) is 0 Å². The lowest BCUT2D eigenvalue weighted by Crippen LogP contribution is -2.49. The molecule has 9 heteroatoms. The number of nitrogens with zero attached hydrogens (tertiary/aromatic N) is 1. The first kappa shape index (κ1) is 22.4. The third kappa shape index (κ3) is 5.45. The molecule has 0 saturated heterocycles. The minimum absolute atomic E-state index is 0.0531. The molecule has 1 saturated carbocycles. The van der Waals surface area contributed by atoms with Gasteiger partial charge in [-0.1, -0.05) is 39.1 Å². The fourth-order valence-corrected chi connectivity index (χ4v) is 3.68. The molecule has 30 heavy (non-hydrogen) atoms. The molecule has 6 nitrogen and oxygen atoms in total. The van der Waals surface area contributed by atoms with E-state index in [1.54, 1.807) is 24.3 Å². The normalized spacial score (nSPS) is 15.0. The molecule has 3 rings (SSSR count). The number of aromatic hydroxyl groups is 1. The van der Waals surface area contributed by atoms with Crippen molar-refractivity contribution in [2.24, 2.45) is 5.41 Å². The number of hydrogen-bond acceptors (Lipinski definition) is 4.